The molecule has 0 aliphatic heterocycles. The van der Waals surface area contributed by atoms with Gasteiger partial charge in [-0.2, -0.15) is 0 Å². The first-order chi connectivity index (χ1) is 9.13. The van der Waals surface area contributed by atoms with E-state index in [0.29, 0.717) is 0 Å². The number of rotatable bonds is 6. The molecular weight excluding hydrogens is 234 g/mol. The summed E-state index contributed by atoms with van der Waals surface area (Å²) < 4.78 is 0. The zero-order valence-corrected chi connectivity index (χ0v) is 12.3. The highest BCUT2D eigenvalue weighted by molar-refractivity contribution is 5.37. The number of nitrogens with one attached hydrogen (secondary N) is 1. The zero-order chi connectivity index (χ0) is 13.7. The molecule has 0 spiro atoms. The Morgan fingerprint density at radius 3 is 2.63 bits per heavy atom. The van der Waals surface area contributed by atoms with E-state index in [1.165, 1.54) is 31.2 Å². The lowest BCUT2D eigenvalue weighted by Crippen LogP contribution is -2.34. The summed E-state index contributed by atoms with van der Waals surface area (Å²) in [5.41, 5.74) is 4.71. The first-order valence-electron chi connectivity index (χ1n) is 7.57. The summed E-state index contributed by atoms with van der Waals surface area (Å²) in [5, 5.41) is 12.3. The van der Waals surface area contributed by atoms with E-state index in [9.17, 15) is 0 Å². The summed E-state index contributed by atoms with van der Waals surface area (Å²) in [6.07, 6.45) is 6.02. The molecule has 2 N–H and O–H groups in total. The highest BCUT2D eigenvalue weighted by Crippen LogP contribution is 2.28. The summed E-state index contributed by atoms with van der Waals surface area (Å²) >= 11 is 0. The predicted octanol–water partition coefficient (Wildman–Crippen LogP) is 2.82. The topological polar surface area (TPSA) is 32.3 Å². The van der Waals surface area contributed by atoms with Crippen LogP contribution in [0.15, 0.2) is 18.2 Å². The van der Waals surface area contributed by atoms with Gasteiger partial charge in [0.15, 0.2) is 0 Å². The van der Waals surface area contributed by atoms with Crippen molar-refractivity contribution in [1.29, 1.82) is 0 Å². The average Bonchev–Trinajstić information content (AvgIpc) is 2.43. The Morgan fingerprint density at radius 2 is 1.89 bits per heavy atom. The van der Waals surface area contributed by atoms with Gasteiger partial charge in [0, 0.05) is 18.6 Å². The van der Waals surface area contributed by atoms with Gasteiger partial charge in [0.2, 0.25) is 0 Å². The number of hydrogen-bond donors (Lipinski definition) is 2. The van der Waals surface area contributed by atoms with E-state index in [0.717, 1.165) is 19.5 Å². The van der Waals surface area contributed by atoms with Gasteiger partial charge in [-0.3, -0.25) is 0 Å². The highest BCUT2D eigenvalue weighted by atomic mass is 16.3. The molecule has 0 unspecified atom stereocenters. The minimum absolute atomic E-state index is 0.155. The molecule has 1 aliphatic carbocycles. The van der Waals surface area contributed by atoms with Crippen LogP contribution in [0.25, 0.3) is 0 Å². The minimum atomic E-state index is 0.155. The SMILES string of the molecule is CC(C)(CNCCCO)c1ccc2c(c1)CCCC2. The number of fused-ring (bicyclic) bond motifs is 1. The van der Waals surface area contributed by atoms with Gasteiger partial charge >= 0.3 is 0 Å². The fraction of sp³-hybridized carbons (Fsp3) is 0.647. The van der Waals surface area contributed by atoms with Gasteiger partial charge in [-0.25, -0.2) is 0 Å². The van der Waals surface area contributed by atoms with E-state index in [4.69, 9.17) is 5.11 Å². The normalized spacial score (nSPS) is 15.3. The standard InChI is InChI=1S/C17H27NO/c1-17(2,13-18-10-5-11-19)16-9-8-14-6-3-4-7-15(14)12-16/h8-9,12,18-19H,3-7,10-11,13H2,1-2H3. The molecule has 1 aromatic rings. The van der Waals surface area contributed by atoms with Gasteiger partial charge in [-0.05, 0) is 55.3 Å². The summed E-state index contributed by atoms with van der Waals surface area (Å²) in [6.45, 7) is 6.72. The van der Waals surface area contributed by atoms with Gasteiger partial charge < -0.3 is 10.4 Å². The Morgan fingerprint density at radius 1 is 1.16 bits per heavy atom. The molecule has 0 aromatic heterocycles. The molecule has 2 heteroatoms. The molecule has 0 bridgehead atoms. The number of benzene rings is 1. The summed E-state index contributed by atoms with van der Waals surface area (Å²) in [7, 11) is 0. The van der Waals surface area contributed by atoms with E-state index in [-0.39, 0.29) is 12.0 Å². The maximum Gasteiger partial charge on any atom is 0.0443 e. The van der Waals surface area contributed by atoms with Gasteiger partial charge in [-0.1, -0.05) is 32.0 Å². The van der Waals surface area contributed by atoms with Crippen molar-refractivity contribution in [1.82, 2.24) is 5.32 Å². The number of aryl methyl sites for hydroxylation is 2. The maximum atomic E-state index is 8.81. The van der Waals surface area contributed by atoms with Gasteiger partial charge in [-0.15, -0.1) is 0 Å². The number of aliphatic hydroxyl groups excluding tert-OH is 1. The molecule has 0 radical (unpaired) electrons. The van der Waals surface area contributed by atoms with Crippen molar-refractivity contribution in [3.05, 3.63) is 34.9 Å². The Balaban J connectivity index is 2.03. The van der Waals surface area contributed by atoms with Crippen LogP contribution in [-0.2, 0) is 18.3 Å². The molecule has 19 heavy (non-hydrogen) atoms. The van der Waals surface area contributed by atoms with E-state index >= 15 is 0 Å². The van der Waals surface area contributed by atoms with Crippen LogP contribution in [-0.4, -0.2) is 24.8 Å². The van der Waals surface area contributed by atoms with Gasteiger partial charge in [0.1, 0.15) is 0 Å². The fourth-order valence-electron chi connectivity index (χ4n) is 2.86. The average molecular weight is 261 g/mol. The second kappa shape index (κ2) is 6.53. The Kier molecular flexibility index (Phi) is 5.00. The molecule has 2 rings (SSSR count). The van der Waals surface area contributed by atoms with Crippen LogP contribution in [0.3, 0.4) is 0 Å². The molecule has 0 amide bonds. The second-order valence-corrected chi connectivity index (χ2v) is 6.33. The smallest absolute Gasteiger partial charge is 0.0443 e. The Hall–Kier alpha value is -0.860. The minimum Gasteiger partial charge on any atom is -0.396 e. The van der Waals surface area contributed by atoms with Gasteiger partial charge in [0.05, 0.1) is 0 Å². The molecular formula is C17H27NO. The third kappa shape index (κ3) is 3.80. The molecule has 0 fully saturated rings. The first-order valence-corrected chi connectivity index (χ1v) is 7.57. The molecule has 1 aliphatic rings. The predicted molar refractivity (Wildman–Crippen MR) is 80.7 cm³/mol. The van der Waals surface area contributed by atoms with Crippen LogP contribution in [0.2, 0.25) is 0 Å². The van der Waals surface area contributed by atoms with Gasteiger partial charge in [0.25, 0.3) is 0 Å². The monoisotopic (exact) mass is 261 g/mol. The maximum absolute atomic E-state index is 8.81. The Labute approximate surface area is 117 Å². The van der Waals surface area contributed by atoms with Crippen LogP contribution < -0.4 is 5.32 Å². The quantitative estimate of drug-likeness (QED) is 0.772. The van der Waals surface area contributed by atoms with Crippen molar-refractivity contribution >= 4 is 0 Å². The summed E-state index contributed by atoms with van der Waals surface area (Å²) in [5.74, 6) is 0. The molecule has 0 saturated carbocycles. The van der Waals surface area contributed by atoms with Crippen molar-refractivity contribution in [2.75, 3.05) is 19.7 Å². The molecule has 2 nitrogen and oxygen atoms in total. The number of hydrogen-bond acceptors (Lipinski definition) is 2. The van der Waals surface area contributed by atoms with Crippen molar-refractivity contribution in [2.45, 2.75) is 51.4 Å². The van der Waals surface area contributed by atoms with Crippen molar-refractivity contribution in [2.24, 2.45) is 0 Å². The van der Waals surface area contributed by atoms with E-state index < -0.39 is 0 Å². The van der Waals surface area contributed by atoms with E-state index in [2.05, 4.69) is 37.4 Å². The lowest BCUT2D eigenvalue weighted by atomic mass is 9.81. The number of aliphatic hydroxyl groups is 1. The zero-order valence-electron chi connectivity index (χ0n) is 12.3. The summed E-state index contributed by atoms with van der Waals surface area (Å²) in [6, 6.07) is 7.05. The van der Waals surface area contributed by atoms with Crippen molar-refractivity contribution in [3.8, 4) is 0 Å². The second-order valence-electron chi connectivity index (χ2n) is 6.33. The molecule has 0 saturated heterocycles. The van der Waals surface area contributed by atoms with E-state index in [1.54, 1.807) is 11.1 Å². The van der Waals surface area contributed by atoms with Crippen LogP contribution >= 0.6 is 0 Å². The molecule has 106 valence electrons. The van der Waals surface area contributed by atoms with Crippen LogP contribution in [0.5, 0.6) is 0 Å². The third-order valence-electron chi connectivity index (χ3n) is 4.21. The molecule has 0 atom stereocenters. The molecule has 1 aromatic carbocycles. The summed E-state index contributed by atoms with van der Waals surface area (Å²) in [4.78, 5) is 0. The van der Waals surface area contributed by atoms with Crippen molar-refractivity contribution in [3.63, 3.8) is 0 Å². The molecule has 0 heterocycles. The highest BCUT2D eigenvalue weighted by Gasteiger charge is 2.21. The Bertz CT molecular complexity index is 412. The third-order valence-corrected chi connectivity index (χ3v) is 4.21. The van der Waals surface area contributed by atoms with Crippen molar-refractivity contribution < 1.29 is 5.11 Å². The van der Waals surface area contributed by atoms with Crippen LogP contribution in [0.4, 0.5) is 0 Å². The lowest BCUT2D eigenvalue weighted by Gasteiger charge is -2.28. The van der Waals surface area contributed by atoms with Crippen LogP contribution in [0.1, 0.15) is 49.8 Å². The fourth-order valence-corrected chi connectivity index (χ4v) is 2.86. The van der Waals surface area contributed by atoms with Crippen LogP contribution in [0, 0.1) is 0 Å². The lowest BCUT2D eigenvalue weighted by molar-refractivity contribution is 0.284. The van der Waals surface area contributed by atoms with E-state index in [1.807, 2.05) is 0 Å². The first kappa shape index (κ1) is 14.5. The largest absolute Gasteiger partial charge is 0.396 e.